The van der Waals surface area contributed by atoms with E-state index in [1.54, 1.807) is 36.9 Å². The van der Waals surface area contributed by atoms with Gasteiger partial charge in [0.2, 0.25) is 0 Å². The molecule has 8 nitrogen and oxygen atoms in total. The van der Waals surface area contributed by atoms with Crippen molar-refractivity contribution in [3.05, 3.63) is 36.4 Å². The Labute approximate surface area is 206 Å². The number of fused-ring (bicyclic) bond motifs is 2. The summed E-state index contributed by atoms with van der Waals surface area (Å²) >= 11 is 3.40. The van der Waals surface area contributed by atoms with Gasteiger partial charge in [0.15, 0.2) is 10.3 Å². The molecule has 0 spiro atoms. The zero-order chi connectivity index (χ0) is 23.1. The Balaban J connectivity index is 1.31. The van der Waals surface area contributed by atoms with Gasteiger partial charge in [0.05, 0.1) is 60.8 Å². The van der Waals surface area contributed by atoms with Crippen LogP contribution in [0.1, 0.15) is 12.8 Å². The number of methoxy groups -OCH3 is 2. The van der Waals surface area contributed by atoms with Crippen LogP contribution >= 0.6 is 22.7 Å². The highest BCUT2D eigenvalue weighted by molar-refractivity contribution is 7.22. The number of benzene rings is 2. The minimum absolute atomic E-state index is 0.293. The summed E-state index contributed by atoms with van der Waals surface area (Å²) in [5.74, 6) is 1.71. The van der Waals surface area contributed by atoms with E-state index < -0.39 is 0 Å². The van der Waals surface area contributed by atoms with E-state index in [1.807, 2.05) is 24.3 Å². The minimum Gasteiger partial charge on any atom is -0.497 e. The molecule has 6 rings (SSSR count). The third-order valence-electron chi connectivity index (χ3n) is 6.28. The molecule has 0 amide bonds. The third-order valence-corrected chi connectivity index (χ3v) is 8.44. The van der Waals surface area contributed by atoms with Crippen LogP contribution in [0.15, 0.2) is 36.4 Å². The van der Waals surface area contributed by atoms with Gasteiger partial charge in [0.1, 0.15) is 11.5 Å². The van der Waals surface area contributed by atoms with E-state index in [-0.39, 0.29) is 0 Å². The molecular weight excluding hydrogens is 470 g/mol. The van der Waals surface area contributed by atoms with Gasteiger partial charge in [0, 0.05) is 13.2 Å². The van der Waals surface area contributed by atoms with Crippen molar-refractivity contribution in [2.45, 2.75) is 18.9 Å². The van der Waals surface area contributed by atoms with Gasteiger partial charge >= 0.3 is 0 Å². The van der Waals surface area contributed by atoms with Crippen LogP contribution in [0.25, 0.3) is 20.4 Å². The molecule has 0 bridgehead atoms. The number of anilines is 2. The first-order chi connectivity index (χ1) is 16.7. The second-order valence-corrected chi connectivity index (χ2v) is 10.7. The van der Waals surface area contributed by atoms with Crippen molar-refractivity contribution >= 4 is 53.4 Å². The fraction of sp³-hybridized carbons (Fsp3) is 0.417. The molecule has 178 valence electrons. The average molecular weight is 498 g/mol. The van der Waals surface area contributed by atoms with Crippen LogP contribution in [0.4, 0.5) is 10.3 Å². The summed E-state index contributed by atoms with van der Waals surface area (Å²) < 4.78 is 19.0. The van der Waals surface area contributed by atoms with Crippen molar-refractivity contribution in [3.8, 4) is 11.5 Å². The first-order valence-electron chi connectivity index (χ1n) is 11.4. The predicted octanol–water partition coefficient (Wildman–Crippen LogP) is 4.60. The molecule has 4 aromatic rings. The highest BCUT2D eigenvalue weighted by atomic mass is 32.1. The lowest BCUT2D eigenvalue weighted by molar-refractivity contribution is 0.0689. The molecule has 10 heteroatoms. The molecule has 2 aromatic heterocycles. The Bertz CT molecular complexity index is 1210. The number of hydrogen-bond donors (Lipinski definition) is 0. The second kappa shape index (κ2) is 9.18. The van der Waals surface area contributed by atoms with Crippen LogP contribution in [0.3, 0.4) is 0 Å². The number of nitrogens with zero attached hydrogens (tertiary/aromatic N) is 5. The Morgan fingerprint density at radius 3 is 1.97 bits per heavy atom. The van der Waals surface area contributed by atoms with E-state index in [9.17, 15) is 0 Å². The van der Waals surface area contributed by atoms with Gasteiger partial charge in [-0.3, -0.25) is 4.90 Å². The van der Waals surface area contributed by atoms with E-state index in [2.05, 4.69) is 26.8 Å². The molecule has 2 aromatic carbocycles. The van der Waals surface area contributed by atoms with Gasteiger partial charge in [-0.15, -0.1) is 0 Å². The molecule has 0 N–H and O–H groups in total. The molecule has 2 saturated heterocycles. The Morgan fingerprint density at radius 1 is 0.882 bits per heavy atom. The van der Waals surface area contributed by atoms with Gasteiger partial charge in [-0.25, -0.2) is 9.97 Å². The quantitative estimate of drug-likeness (QED) is 0.383. The smallest absolute Gasteiger partial charge is 0.188 e. The van der Waals surface area contributed by atoms with Gasteiger partial charge in [-0.05, 0) is 49.2 Å². The number of aromatic nitrogens is 2. The van der Waals surface area contributed by atoms with Gasteiger partial charge in [-0.1, -0.05) is 22.7 Å². The maximum atomic E-state index is 5.95. The molecule has 2 aliphatic rings. The fourth-order valence-electron chi connectivity index (χ4n) is 4.57. The lowest BCUT2D eigenvalue weighted by Crippen LogP contribution is -2.56. The summed E-state index contributed by atoms with van der Waals surface area (Å²) in [5.41, 5.74) is 1.99. The Morgan fingerprint density at radius 2 is 1.47 bits per heavy atom. The zero-order valence-corrected chi connectivity index (χ0v) is 20.9. The van der Waals surface area contributed by atoms with Crippen LogP contribution in [0.5, 0.6) is 11.5 Å². The summed E-state index contributed by atoms with van der Waals surface area (Å²) in [6.07, 6.45) is 2.56. The summed E-state index contributed by atoms with van der Waals surface area (Å²) in [5, 5.41) is 2.01. The number of rotatable bonds is 6. The zero-order valence-electron chi connectivity index (χ0n) is 19.3. The van der Waals surface area contributed by atoms with Crippen LogP contribution in [0.2, 0.25) is 0 Å². The van der Waals surface area contributed by atoms with E-state index in [0.29, 0.717) is 6.10 Å². The molecule has 0 unspecified atom stereocenters. The van der Waals surface area contributed by atoms with E-state index >= 15 is 0 Å². The number of hydrogen-bond acceptors (Lipinski definition) is 10. The summed E-state index contributed by atoms with van der Waals surface area (Å²) in [4.78, 5) is 17.0. The van der Waals surface area contributed by atoms with Gasteiger partial charge in [-0.2, -0.15) is 0 Å². The van der Waals surface area contributed by atoms with Crippen LogP contribution < -0.4 is 19.3 Å². The standard InChI is InChI=1S/C24H27N5O3S2/c1-30-16-5-7-19-21(10-16)33-23(25-19)28-13-27(12-18-4-3-9-32-18)14-29(15-28)24-26-20-8-6-17(31-2)11-22(20)34-24/h5-8,10-11,18H,3-4,9,12-15H2,1-2H3/t18-/m0/s1. The van der Waals surface area contributed by atoms with E-state index in [1.165, 1.54) is 0 Å². The van der Waals surface area contributed by atoms with Crippen LogP contribution in [-0.2, 0) is 4.74 Å². The predicted molar refractivity (Wildman–Crippen MR) is 138 cm³/mol. The fourth-order valence-corrected chi connectivity index (χ4v) is 6.52. The highest BCUT2D eigenvalue weighted by Gasteiger charge is 2.30. The maximum absolute atomic E-state index is 5.95. The first kappa shape index (κ1) is 21.8. The van der Waals surface area contributed by atoms with Crippen molar-refractivity contribution in [1.82, 2.24) is 14.9 Å². The molecule has 0 radical (unpaired) electrons. The summed E-state index contributed by atoms with van der Waals surface area (Å²) in [6.45, 7) is 4.13. The van der Waals surface area contributed by atoms with Crippen LogP contribution in [-0.4, -0.2) is 68.3 Å². The van der Waals surface area contributed by atoms with Crippen LogP contribution in [0, 0.1) is 0 Å². The largest absolute Gasteiger partial charge is 0.497 e. The van der Waals surface area contributed by atoms with Crippen molar-refractivity contribution in [2.24, 2.45) is 0 Å². The van der Waals surface area contributed by atoms with Gasteiger partial charge < -0.3 is 24.0 Å². The number of ether oxygens (including phenoxy) is 3. The molecule has 34 heavy (non-hydrogen) atoms. The Kier molecular flexibility index (Phi) is 5.90. The average Bonchev–Trinajstić information content (AvgIpc) is 3.62. The van der Waals surface area contributed by atoms with Crippen molar-refractivity contribution in [2.75, 3.05) is 57.2 Å². The molecule has 0 aliphatic carbocycles. The topological polar surface area (TPSA) is 63.2 Å². The highest BCUT2D eigenvalue weighted by Crippen LogP contribution is 2.36. The van der Waals surface area contributed by atoms with Crippen molar-refractivity contribution < 1.29 is 14.2 Å². The summed E-state index contributed by atoms with van der Waals surface area (Å²) in [6, 6.07) is 12.1. The number of thiazole rings is 2. The third kappa shape index (κ3) is 4.26. The molecular formula is C24H27N5O3S2. The molecule has 4 heterocycles. The Hall–Kier alpha value is -2.66. The monoisotopic (exact) mass is 497 g/mol. The normalized spacial score (nSPS) is 19.4. The van der Waals surface area contributed by atoms with Crippen molar-refractivity contribution in [1.29, 1.82) is 0 Å². The molecule has 0 saturated carbocycles. The first-order valence-corrected chi connectivity index (χ1v) is 13.0. The second-order valence-electron chi connectivity index (χ2n) is 8.65. The van der Waals surface area contributed by atoms with E-state index in [0.717, 1.165) is 88.2 Å². The lowest BCUT2D eigenvalue weighted by atomic mass is 10.2. The van der Waals surface area contributed by atoms with Gasteiger partial charge in [0.25, 0.3) is 0 Å². The minimum atomic E-state index is 0.293. The lowest BCUT2D eigenvalue weighted by Gasteiger charge is -2.42. The van der Waals surface area contributed by atoms with Crippen molar-refractivity contribution in [3.63, 3.8) is 0 Å². The molecule has 2 aliphatic heterocycles. The van der Waals surface area contributed by atoms with E-state index in [4.69, 9.17) is 24.2 Å². The molecule has 1 atom stereocenters. The maximum Gasteiger partial charge on any atom is 0.188 e. The SMILES string of the molecule is COc1ccc2nc(N3CN(C[C@@H]4CCCO4)CN(c4nc5ccc(OC)cc5s4)C3)sc2c1. The molecule has 2 fully saturated rings. The summed E-state index contributed by atoms with van der Waals surface area (Å²) in [7, 11) is 3.39.